The third-order valence-electron chi connectivity index (χ3n) is 4.90. The highest BCUT2D eigenvalue weighted by Gasteiger charge is 2.35. The van der Waals surface area contributed by atoms with Gasteiger partial charge in [0.2, 0.25) is 12.7 Å². The number of rotatable bonds is 3. The van der Waals surface area contributed by atoms with Crippen molar-refractivity contribution in [2.75, 3.05) is 31.9 Å². The van der Waals surface area contributed by atoms with Crippen LogP contribution >= 0.6 is 0 Å². The van der Waals surface area contributed by atoms with Gasteiger partial charge in [0.25, 0.3) is 5.91 Å². The Balaban J connectivity index is 1.53. The average Bonchev–Trinajstić information content (AvgIpc) is 3.17. The minimum Gasteiger partial charge on any atom is -0.497 e. The Morgan fingerprint density at radius 2 is 1.93 bits per heavy atom. The number of ether oxygens (including phenoxy) is 3. The summed E-state index contributed by atoms with van der Waals surface area (Å²) in [5.41, 5.74) is 1.25. The maximum Gasteiger partial charge on any atom is 0.254 e. The highest BCUT2D eigenvalue weighted by Crippen LogP contribution is 2.33. The fourth-order valence-corrected chi connectivity index (χ4v) is 3.38. The lowest BCUT2D eigenvalue weighted by Gasteiger charge is -2.39. The van der Waals surface area contributed by atoms with E-state index in [0.717, 1.165) is 5.69 Å². The Bertz CT molecular complexity index is 898. The van der Waals surface area contributed by atoms with E-state index >= 15 is 0 Å². The molecule has 2 aromatic rings. The summed E-state index contributed by atoms with van der Waals surface area (Å²) in [6.07, 6.45) is 0. The fourth-order valence-electron chi connectivity index (χ4n) is 3.38. The summed E-state index contributed by atoms with van der Waals surface area (Å²) in [6.45, 7) is 2.77. The van der Waals surface area contributed by atoms with Crippen LogP contribution in [0.25, 0.3) is 0 Å². The van der Waals surface area contributed by atoms with Gasteiger partial charge < -0.3 is 24.0 Å². The Morgan fingerprint density at radius 1 is 1.11 bits per heavy atom. The lowest BCUT2D eigenvalue weighted by molar-refractivity contribution is -0.124. The van der Waals surface area contributed by atoms with E-state index in [1.165, 1.54) is 0 Å². The minimum atomic E-state index is -0.567. The smallest absolute Gasteiger partial charge is 0.254 e. The molecule has 2 aliphatic rings. The van der Waals surface area contributed by atoms with E-state index in [-0.39, 0.29) is 18.6 Å². The van der Waals surface area contributed by atoms with Crippen LogP contribution in [0, 0.1) is 0 Å². The molecule has 2 aliphatic heterocycles. The molecule has 2 heterocycles. The zero-order valence-corrected chi connectivity index (χ0v) is 15.2. The largest absolute Gasteiger partial charge is 0.497 e. The maximum absolute atomic E-state index is 12.9. The van der Waals surface area contributed by atoms with Gasteiger partial charge in [0.1, 0.15) is 11.8 Å². The van der Waals surface area contributed by atoms with Crippen LogP contribution < -0.4 is 19.1 Å². The number of carbonyl (C=O) groups is 2. The Morgan fingerprint density at radius 3 is 2.74 bits per heavy atom. The third kappa shape index (κ3) is 3.05. The normalized spacial score (nSPS) is 18.6. The van der Waals surface area contributed by atoms with Crippen LogP contribution in [-0.4, -0.2) is 49.7 Å². The quantitative estimate of drug-likeness (QED) is 0.832. The van der Waals surface area contributed by atoms with Gasteiger partial charge in [-0.3, -0.25) is 9.59 Å². The van der Waals surface area contributed by atoms with Gasteiger partial charge in [-0.1, -0.05) is 6.07 Å². The standard InChI is InChI=1S/C20H20N2O5/c1-13-19(23)22(15-4-3-5-16(11-15)25-2)9-8-21(13)20(24)14-6-7-17-18(10-14)27-12-26-17/h3-7,10-11,13H,8-9,12H2,1-2H3. The summed E-state index contributed by atoms with van der Waals surface area (Å²) in [4.78, 5) is 29.1. The predicted molar refractivity (Wildman–Crippen MR) is 98.4 cm³/mol. The van der Waals surface area contributed by atoms with Crippen molar-refractivity contribution in [3.63, 3.8) is 0 Å². The number of methoxy groups -OCH3 is 1. The van der Waals surface area contributed by atoms with E-state index in [1.807, 2.05) is 24.3 Å². The van der Waals surface area contributed by atoms with E-state index in [9.17, 15) is 9.59 Å². The van der Waals surface area contributed by atoms with E-state index in [0.29, 0.717) is 35.9 Å². The van der Waals surface area contributed by atoms with Crippen molar-refractivity contribution in [3.8, 4) is 17.2 Å². The molecule has 7 heteroatoms. The molecule has 1 atom stereocenters. The molecule has 2 aromatic carbocycles. The number of piperazine rings is 1. The number of carbonyl (C=O) groups excluding carboxylic acids is 2. The number of hydrogen-bond acceptors (Lipinski definition) is 5. The Kier molecular flexibility index (Phi) is 4.35. The molecule has 0 bridgehead atoms. The summed E-state index contributed by atoms with van der Waals surface area (Å²) >= 11 is 0. The fraction of sp³-hybridized carbons (Fsp3) is 0.300. The molecule has 4 rings (SSSR count). The number of benzene rings is 2. The second-order valence-electron chi connectivity index (χ2n) is 6.43. The first kappa shape index (κ1) is 17.2. The molecule has 27 heavy (non-hydrogen) atoms. The molecule has 140 valence electrons. The van der Waals surface area contributed by atoms with Crippen LogP contribution in [0.3, 0.4) is 0 Å². The first-order valence-corrected chi connectivity index (χ1v) is 8.74. The monoisotopic (exact) mass is 368 g/mol. The topological polar surface area (TPSA) is 68.3 Å². The van der Waals surface area contributed by atoms with Gasteiger partial charge in [0.05, 0.1) is 7.11 Å². The highest BCUT2D eigenvalue weighted by molar-refractivity contribution is 6.03. The van der Waals surface area contributed by atoms with E-state index in [1.54, 1.807) is 42.0 Å². The number of hydrogen-bond donors (Lipinski definition) is 0. The van der Waals surface area contributed by atoms with Crippen molar-refractivity contribution >= 4 is 17.5 Å². The summed E-state index contributed by atoms with van der Waals surface area (Å²) in [7, 11) is 1.59. The van der Waals surface area contributed by atoms with Crippen LogP contribution in [-0.2, 0) is 4.79 Å². The molecule has 0 radical (unpaired) electrons. The van der Waals surface area contributed by atoms with Crippen LogP contribution in [0.2, 0.25) is 0 Å². The van der Waals surface area contributed by atoms with Gasteiger partial charge in [-0.15, -0.1) is 0 Å². The molecule has 1 saturated heterocycles. The van der Waals surface area contributed by atoms with Gasteiger partial charge in [-0.25, -0.2) is 0 Å². The van der Waals surface area contributed by atoms with Crippen molar-refractivity contribution in [2.45, 2.75) is 13.0 Å². The van der Waals surface area contributed by atoms with E-state index in [4.69, 9.17) is 14.2 Å². The number of amides is 2. The summed E-state index contributed by atoms with van der Waals surface area (Å²) in [5, 5.41) is 0. The van der Waals surface area contributed by atoms with Crippen LogP contribution in [0.5, 0.6) is 17.2 Å². The molecule has 0 aromatic heterocycles. The minimum absolute atomic E-state index is 0.122. The molecule has 0 aliphatic carbocycles. The number of fused-ring (bicyclic) bond motifs is 1. The maximum atomic E-state index is 12.9. The van der Waals surface area contributed by atoms with Crippen molar-refractivity contribution < 1.29 is 23.8 Å². The molecular weight excluding hydrogens is 348 g/mol. The zero-order chi connectivity index (χ0) is 19.0. The predicted octanol–water partition coefficient (Wildman–Crippen LogP) is 2.30. The molecule has 2 amide bonds. The third-order valence-corrected chi connectivity index (χ3v) is 4.90. The van der Waals surface area contributed by atoms with Crippen molar-refractivity contribution in [3.05, 3.63) is 48.0 Å². The second-order valence-corrected chi connectivity index (χ2v) is 6.43. The van der Waals surface area contributed by atoms with E-state index < -0.39 is 6.04 Å². The molecule has 0 spiro atoms. The molecule has 0 saturated carbocycles. The van der Waals surface area contributed by atoms with Gasteiger partial charge in [0.15, 0.2) is 11.5 Å². The van der Waals surface area contributed by atoms with Gasteiger partial charge in [-0.05, 0) is 37.3 Å². The lowest BCUT2D eigenvalue weighted by atomic mass is 10.1. The van der Waals surface area contributed by atoms with Gasteiger partial charge >= 0.3 is 0 Å². The lowest BCUT2D eigenvalue weighted by Crippen LogP contribution is -2.57. The van der Waals surface area contributed by atoms with Crippen LogP contribution in [0.4, 0.5) is 5.69 Å². The van der Waals surface area contributed by atoms with Gasteiger partial charge in [0, 0.05) is 30.4 Å². The first-order valence-electron chi connectivity index (χ1n) is 8.74. The number of nitrogens with zero attached hydrogens (tertiary/aromatic N) is 2. The molecular formula is C20H20N2O5. The molecule has 0 N–H and O–H groups in total. The zero-order valence-electron chi connectivity index (χ0n) is 15.2. The summed E-state index contributed by atoms with van der Waals surface area (Å²) < 4.78 is 15.9. The van der Waals surface area contributed by atoms with Crippen molar-refractivity contribution in [1.29, 1.82) is 0 Å². The molecule has 7 nitrogen and oxygen atoms in total. The van der Waals surface area contributed by atoms with Crippen molar-refractivity contribution in [1.82, 2.24) is 4.90 Å². The van der Waals surface area contributed by atoms with Gasteiger partial charge in [-0.2, -0.15) is 0 Å². The second kappa shape index (κ2) is 6.83. The van der Waals surface area contributed by atoms with Crippen molar-refractivity contribution in [2.24, 2.45) is 0 Å². The highest BCUT2D eigenvalue weighted by atomic mass is 16.7. The average molecular weight is 368 g/mol. The summed E-state index contributed by atoms with van der Waals surface area (Å²) in [5.74, 6) is 1.54. The molecule has 1 fully saturated rings. The Labute approximate surface area is 157 Å². The van der Waals surface area contributed by atoms with Crippen LogP contribution in [0.1, 0.15) is 17.3 Å². The van der Waals surface area contributed by atoms with E-state index in [2.05, 4.69) is 0 Å². The SMILES string of the molecule is COc1cccc(N2CCN(C(=O)c3ccc4c(c3)OCO4)C(C)C2=O)c1. The molecule has 1 unspecified atom stereocenters. The first-order chi connectivity index (χ1) is 13.1. The Hall–Kier alpha value is -3.22. The number of anilines is 1. The summed E-state index contributed by atoms with van der Waals surface area (Å²) in [6, 6.07) is 11.9. The van der Waals surface area contributed by atoms with Crippen LogP contribution in [0.15, 0.2) is 42.5 Å².